The van der Waals surface area contributed by atoms with Crippen LogP contribution in [-0.4, -0.2) is 20.4 Å². The lowest BCUT2D eigenvalue weighted by molar-refractivity contribution is 0.615. The van der Waals surface area contributed by atoms with Gasteiger partial charge in [0.15, 0.2) is 0 Å². The lowest BCUT2D eigenvalue weighted by Crippen LogP contribution is -2.17. The van der Waals surface area contributed by atoms with E-state index >= 15 is 0 Å². The molecule has 0 bridgehead atoms. The van der Waals surface area contributed by atoms with Gasteiger partial charge in [0.05, 0.1) is 0 Å². The Kier molecular flexibility index (Phi) is 4.26. The van der Waals surface area contributed by atoms with Crippen LogP contribution in [0.4, 0.5) is 5.69 Å². The Morgan fingerprint density at radius 2 is 1.43 bits per heavy atom. The summed E-state index contributed by atoms with van der Waals surface area (Å²) in [5, 5.41) is 9.48. The van der Waals surface area contributed by atoms with E-state index < -0.39 is 0 Å². The van der Waals surface area contributed by atoms with Crippen LogP contribution in [-0.2, 0) is 0 Å². The highest BCUT2D eigenvalue weighted by molar-refractivity contribution is 6.48. The van der Waals surface area contributed by atoms with E-state index in [1.54, 1.807) is 0 Å². The van der Waals surface area contributed by atoms with E-state index in [-0.39, 0.29) is 0 Å². The number of rotatable bonds is 3. The van der Waals surface area contributed by atoms with Gasteiger partial charge in [0, 0.05) is 16.8 Å². The molecule has 0 aromatic heterocycles. The summed E-state index contributed by atoms with van der Waals surface area (Å²) in [5.41, 5.74) is 13.2. The summed E-state index contributed by atoms with van der Waals surface area (Å²) < 4.78 is 0. The Morgan fingerprint density at radius 1 is 0.870 bits per heavy atom. The highest BCUT2D eigenvalue weighted by Gasteiger charge is 2.14. The molecule has 0 unspecified atom stereocenters. The quantitative estimate of drug-likeness (QED) is 0.573. The van der Waals surface area contributed by atoms with Gasteiger partial charge in [0.2, 0.25) is 0 Å². The van der Waals surface area contributed by atoms with E-state index in [0.717, 1.165) is 40.8 Å². The summed E-state index contributed by atoms with van der Waals surface area (Å²) in [6.45, 7) is 2.02. The minimum absolute atomic E-state index is 0.655. The standard InChI is InChI=1S/C19H16B2NO/c1-12-10-15(13-6-2-4-8-17(13)20)19(22)16(11-12)14-7-3-5-9-18(14)21-23/h2-11,23H,22H2,1H3. The van der Waals surface area contributed by atoms with E-state index in [1.807, 2.05) is 67.6 Å². The molecule has 3 aromatic carbocycles. The lowest BCUT2D eigenvalue weighted by atomic mass is 9.79. The van der Waals surface area contributed by atoms with Crippen molar-refractivity contribution in [1.29, 1.82) is 0 Å². The summed E-state index contributed by atoms with van der Waals surface area (Å²) in [6, 6.07) is 19.4. The van der Waals surface area contributed by atoms with Crippen molar-refractivity contribution < 1.29 is 5.02 Å². The van der Waals surface area contributed by atoms with Gasteiger partial charge in [-0.05, 0) is 41.2 Å². The molecule has 0 saturated carbocycles. The fourth-order valence-corrected chi connectivity index (χ4v) is 2.84. The zero-order valence-corrected chi connectivity index (χ0v) is 13.0. The molecule has 0 aliphatic rings. The maximum absolute atomic E-state index is 9.48. The van der Waals surface area contributed by atoms with Gasteiger partial charge < -0.3 is 10.8 Å². The molecule has 3 aromatic rings. The lowest BCUT2D eigenvalue weighted by Gasteiger charge is -2.17. The molecule has 0 amide bonds. The molecule has 0 atom stereocenters. The van der Waals surface area contributed by atoms with Gasteiger partial charge in [-0.15, -0.1) is 0 Å². The number of hydrogen-bond donors (Lipinski definition) is 2. The minimum atomic E-state index is 0.655. The summed E-state index contributed by atoms with van der Waals surface area (Å²) in [4.78, 5) is 0. The highest BCUT2D eigenvalue weighted by Crippen LogP contribution is 2.34. The molecular weight excluding hydrogens is 280 g/mol. The van der Waals surface area contributed by atoms with Gasteiger partial charge in [-0.3, -0.25) is 0 Å². The molecule has 0 aliphatic heterocycles. The molecule has 3 rings (SSSR count). The van der Waals surface area contributed by atoms with Crippen molar-refractivity contribution in [3.8, 4) is 22.3 Å². The molecule has 3 radical (unpaired) electrons. The van der Waals surface area contributed by atoms with Gasteiger partial charge in [0.1, 0.15) is 7.85 Å². The molecule has 0 fully saturated rings. The largest absolute Gasteiger partial charge is 0.450 e. The Bertz CT molecular complexity index is 862. The number of nitrogens with two attached hydrogens (primary N) is 1. The monoisotopic (exact) mass is 296 g/mol. The van der Waals surface area contributed by atoms with E-state index in [4.69, 9.17) is 13.6 Å². The number of hydrogen-bond acceptors (Lipinski definition) is 2. The number of aryl methyl sites for hydroxylation is 1. The summed E-state index contributed by atoms with van der Waals surface area (Å²) in [5.74, 6) is 0. The van der Waals surface area contributed by atoms with Crippen molar-refractivity contribution in [3.05, 3.63) is 66.2 Å². The predicted octanol–water partition coefficient (Wildman–Crippen LogP) is 1.94. The molecule has 0 spiro atoms. The third kappa shape index (κ3) is 2.90. The summed E-state index contributed by atoms with van der Waals surface area (Å²) >= 11 is 0. The normalized spacial score (nSPS) is 10.5. The number of nitrogen functional groups attached to an aromatic ring is 1. The average Bonchev–Trinajstić information content (AvgIpc) is 2.57. The van der Waals surface area contributed by atoms with Crippen LogP contribution in [0.2, 0.25) is 0 Å². The molecule has 3 N–H and O–H groups in total. The van der Waals surface area contributed by atoms with Crippen LogP contribution in [0, 0.1) is 6.92 Å². The Labute approximate surface area is 138 Å². The fourth-order valence-electron chi connectivity index (χ4n) is 2.84. The van der Waals surface area contributed by atoms with Crippen molar-refractivity contribution in [1.82, 2.24) is 0 Å². The third-order valence-electron chi connectivity index (χ3n) is 3.97. The first-order valence-electron chi connectivity index (χ1n) is 7.43. The van der Waals surface area contributed by atoms with Crippen LogP contribution < -0.4 is 16.7 Å². The molecule has 4 heteroatoms. The van der Waals surface area contributed by atoms with Crippen LogP contribution >= 0.6 is 0 Å². The van der Waals surface area contributed by atoms with Crippen LogP contribution in [0.3, 0.4) is 0 Å². The van der Waals surface area contributed by atoms with Crippen LogP contribution in [0.1, 0.15) is 5.56 Å². The predicted molar refractivity (Wildman–Crippen MR) is 99.5 cm³/mol. The van der Waals surface area contributed by atoms with E-state index in [9.17, 15) is 5.02 Å². The first kappa shape index (κ1) is 15.4. The highest BCUT2D eigenvalue weighted by atomic mass is 16.2. The summed E-state index contributed by atoms with van der Waals surface area (Å²) in [6.07, 6.45) is 0. The smallest absolute Gasteiger partial charge is 0.327 e. The van der Waals surface area contributed by atoms with Gasteiger partial charge in [-0.2, -0.15) is 0 Å². The first-order chi connectivity index (χ1) is 11.1. The SMILES string of the molecule is [B]c1ccccc1-c1cc(C)cc(-c2ccccc2[B]O)c1N. The van der Waals surface area contributed by atoms with Gasteiger partial charge in [-0.25, -0.2) is 0 Å². The second-order valence-corrected chi connectivity index (χ2v) is 5.58. The Morgan fingerprint density at radius 3 is 2.09 bits per heavy atom. The van der Waals surface area contributed by atoms with Crippen molar-refractivity contribution in [2.24, 2.45) is 0 Å². The second kappa shape index (κ2) is 6.35. The maximum atomic E-state index is 9.48. The Hall–Kier alpha value is -2.45. The van der Waals surface area contributed by atoms with Gasteiger partial charge in [0.25, 0.3) is 0 Å². The van der Waals surface area contributed by atoms with Gasteiger partial charge >= 0.3 is 7.48 Å². The van der Waals surface area contributed by atoms with Crippen LogP contribution in [0.25, 0.3) is 22.3 Å². The van der Waals surface area contributed by atoms with Crippen LogP contribution in [0.5, 0.6) is 0 Å². The second-order valence-electron chi connectivity index (χ2n) is 5.58. The number of anilines is 1. The molecule has 0 aliphatic carbocycles. The van der Waals surface area contributed by atoms with E-state index in [2.05, 4.69) is 0 Å². The molecule has 109 valence electrons. The maximum Gasteiger partial charge on any atom is 0.327 e. The van der Waals surface area contributed by atoms with Gasteiger partial charge in [-0.1, -0.05) is 54.0 Å². The Balaban J connectivity index is 2.27. The minimum Gasteiger partial charge on any atom is -0.450 e. The van der Waals surface area contributed by atoms with Crippen molar-refractivity contribution in [3.63, 3.8) is 0 Å². The van der Waals surface area contributed by atoms with Crippen molar-refractivity contribution >= 4 is 31.9 Å². The third-order valence-corrected chi connectivity index (χ3v) is 3.97. The van der Waals surface area contributed by atoms with Crippen LogP contribution in [0.15, 0.2) is 60.7 Å². The number of benzene rings is 3. The molecule has 23 heavy (non-hydrogen) atoms. The fraction of sp³-hybridized carbons (Fsp3) is 0.0526. The first-order valence-corrected chi connectivity index (χ1v) is 7.43. The molecule has 0 heterocycles. The van der Waals surface area contributed by atoms with E-state index in [1.165, 1.54) is 0 Å². The molecule has 0 saturated heterocycles. The van der Waals surface area contributed by atoms with E-state index in [0.29, 0.717) is 11.2 Å². The molecule has 2 nitrogen and oxygen atoms in total. The average molecular weight is 296 g/mol. The topological polar surface area (TPSA) is 46.2 Å². The van der Waals surface area contributed by atoms with Crippen molar-refractivity contribution in [2.45, 2.75) is 6.92 Å². The molecular formula is C19H16B2NO. The summed E-state index contributed by atoms with van der Waals surface area (Å²) in [7, 11) is 7.22. The van der Waals surface area contributed by atoms with Crippen molar-refractivity contribution in [2.75, 3.05) is 5.73 Å². The zero-order chi connectivity index (χ0) is 16.4. The zero-order valence-electron chi connectivity index (χ0n) is 13.0.